The van der Waals surface area contributed by atoms with Gasteiger partial charge in [-0.25, -0.2) is 0 Å². The van der Waals surface area contributed by atoms with Crippen molar-refractivity contribution in [2.24, 2.45) is 0 Å². The lowest BCUT2D eigenvalue weighted by Gasteiger charge is -2.14. The Balaban J connectivity index is 1.42. The molecule has 2 amide bonds. The number of thioether (sulfide) groups is 1. The second-order valence-electron chi connectivity index (χ2n) is 7.49. The number of benzene rings is 2. The van der Waals surface area contributed by atoms with Gasteiger partial charge in [-0.15, -0.1) is 0 Å². The van der Waals surface area contributed by atoms with Gasteiger partial charge in [-0.3, -0.25) is 14.5 Å². The highest BCUT2D eigenvalue weighted by Crippen LogP contribution is 2.33. The summed E-state index contributed by atoms with van der Waals surface area (Å²) in [6.45, 7) is 4.61. The van der Waals surface area contributed by atoms with E-state index in [1.807, 2.05) is 50.3 Å². The van der Waals surface area contributed by atoms with Gasteiger partial charge in [0.05, 0.1) is 4.91 Å². The van der Waals surface area contributed by atoms with Crippen LogP contribution in [0.3, 0.4) is 0 Å². The number of carbonyl (C=O) groups excluding carboxylic acids is 2. The first-order valence-electron chi connectivity index (χ1n) is 10.2. The summed E-state index contributed by atoms with van der Waals surface area (Å²) in [6.07, 6.45) is 4.73. The second kappa shape index (κ2) is 10.9. The minimum Gasteiger partial charge on any atom is -0.326 e. The van der Waals surface area contributed by atoms with Crippen LogP contribution in [0.25, 0.3) is 6.08 Å². The third-order valence-electron chi connectivity index (χ3n) is 5.21. The van der Waals surface area contributed by atoms with Crippen molar-refractivity contribution >= 4 is 63.5 Å². The zero-order valence-electron chi connectivity index (χ0n) is 17.6. The van der Waals surface area contributed by atoms with Gasteiger partial charge in [-0.2, -0.15) is 0 Å². The Morgan fingerprint density at radius 3 is 2.61 bits per heavy atom. The summed E-state index contributed by atoms with van der Waals surface area (Å²) >= 11 is 12.6. The van der Waals surface area contributed by atoms with Crippen LogP contribution in [0.1, 0.15) is 42.4 Å². The van der Waals surface area contributed by atoms with Crippen molar-refractivity contribution in [3.8, 4) is 0 Å². The molecule has 0 saturated carbocycles. The molecule has 1 aliphatic heterocycles. The quantitative estimate of drug-likeness (QED) is 0.276. The molecule has 2 aromatic carbocycles. The van der Waals surface area contributed by atoms with Gasteiger partial charge in [-0.05, 0) is 67.7 Å². The molecular formula is C24H25ClN2O2S2. The van der Waals surface area contributed by atoms with Gasteiger partial charge in [0.15, 0.2) is 0 Å². The van der Waals surface area contributed by atoms with Gasteiger partial charge in [0.25, 0.3) is 5.91 Å². The van der Waals surface area contributed by atoms with Crippen molar-refractivity contribution in [2.45, 2.75) is 39.5 Å². The van der Waals surface area contributed by atoms with Crippen LogP contribution < -0.4 is 5.32 Å². The van der Waals surface area contributed by atoms with Crippen molar-refractivity contribution in [3.63, 3.8) is 0 Å². The van der Waals surface area contributed by atoms with Crippen LogP contribution in [-0.2, 0) is 9.59 Å². The number of carbonyl (C=O) groups is 2. The number of hydrogen-bond acceptors (Lipinski definition) is 4. The molecule has 2 aromatic rings. The zero-order chi connectivity index (χ0) is 22.4. The molecule has 1 aliphatic rings. The van der Waals surface area contributed by atoms with Crippen LogP contribution in [0.2, 0.25) is 5.02 Å². The third kappa shape index (κ3) is 6.42. The van der Waals surface area contributed by atoms with Crippen LogP contribution in [0.4, 0.5) is 5.69 Å². The summed E-state index contributed by atoms with van der Waals surface area (Å²) in [7, 11) is 0. The minimum atomic E-state index is -0.0578. The Morgan fingerprint density at radius 1 is 1.13 bits per heavy atom. The van der Waals surface area contributed by atoms with Crippen LogP contribution in [0.5, 0.6) is 0 Å². The second-order valence-corrected chi connectivity index (χ2v) is 9.60. The number of halogens is 1. The Labute approximate surface area is 198 Å². The molecule has 0 unspecified atom stereocenters. The van der Waals surface area contributed by atoms with E-state index < -0.39 is 0 Å². The van der Waals surface area contributed by atoms with Gasteiger partial charge < -0.3 is 5.32 Å². The SMILES string of the molecule is Cc1cccc(NC(=O)CCCCCN2C(=O)C(=Cc3ccc(Cl)cc3)SC2=S)c1C. The number of rotatable bonds is 8. The van der Waals surface area contributed by atoms with Gasteiger partial charge in [0, 0.05) is 23.7 Å². The van der Waals surface area contributed by atoms with E-state index in [1.54, 1.807) is 17.0 Å². The molecule has 162 valence electrons. The molecule has 0 bridgehead atoms. The smallest absolute Gasteiger partial charge is 0.266 e. The summed E-state index contributed by atoms with van der Waals surface area (Å²) in [6, 6.07) is 13.2. The molecule has 4 nitrogen and oxygen atoms in total. The standard InChI is InChI=1S/C24H25ClN2O2S2/c1-16-7-6-8-20(17(16)2)26-22(28)9-4-3-5-14-27-23(29)21(31-24(27)30)15-18-10-12-19(25)13-11-18/h6-8,10-13,15H,3-5,9,14H2,1-2H3,(H,26,28). The van der Waals surface area contributed by atoms with Crippen molar-refractivity contribution in [2.75, 3.05) is 11.9 Å². The van der Waals surface area contributed by atoms with E-state index >= 15 is 0 Å². The summed E-state index contributed by atoms with van der Waals surface area (Å²) in [4.78, 5) is 27.2. The maximum Gasteiger partial charge on any atom is 0.266 e. The van der Waals surface area contributed by atoms with E-state index in [0.29, 0.717) is 27.2 Å². The Hall–Kier alpha value is -2.15. The Morgan fingerprint density at radius 2 is 1.87 bits per heavy atom. The molecule has 1 fully saturated rings. The topological polar surface area (TPSA) is 49.4 Å². The van der Waals surface area contributed by atoms with Crippen LogP contribution in [0, 0.1) is 13.8 Å². The first-order valence-corrected chi connectivity index (χ1v) is 11.8. The van der Waals surface area contributed by atoms with E-state index in [0.717, 1.165) is 41.6 Å². The van der Waals surface area contributed by atoms with Gasteiger partial charge in [-0.1, -0.05) is 66.3 Å². The number of nitrogens with zero attached hydrogens (tertiary/aromatic N) is 1. The van der Waals surface area contributed by atoms with Gasteiger partial charge in [0.1, 0.15) is 4.32 Å². The van der Waals surface area contributed by atoms with Crippen LogP contribution in [0.15, 0.2) is 47.4 Å². The van der Waals surface area contributed by atoms with Crippen molar-refractivity contribution in [1.29, 1.82) is 0 Å². The van der Waals surface area contributed by atoms with Crippen molar-refractivity contribution in [3.05, 3.63) is 69.1 Å². The lowest BCUT2D eigenvalue weighted by molar-refractivity contribution is -0.122. The first-order chi connectivity index (χ1) is 14.8. The molecule has 0 radical (unpaired) electrons. The number of anilines is 1. The molecule has 31 heavy (non-hydrogen) atoms. The minimum absolute atomic E-state index is 0.0187. The van der Waals surface area contributed by atoms with E-state index in [2.05, 4.69) is 5.32 Å². The highest BCUT2D eigenvalue weighted by atomic mass is 35.5. The average Bonchev–Trinajstić information content (AvgIpc) is 3.00. The summed E-state index contributed by atoms with van der Waals surface area (Å²) in [5.41, 5.74) is 4.04. The number of aryl methyl sites for hydroxylation is 1. The molecule has 1 saturated heterocycles. The largest absolute Gasteiger partial charge is 0.326 e. The fourth-order valence-electron chi connectivity index (χ4n) is 3.23. The highest BCUT2D eigenvalue weighted by molar-refractivity contribution is 8.26. The van der Waals surface area contributed by atoms with E-state index in [4.69, 9.17) is 23.8 Å². The molecule has 1 heterocycles. The molecule has 0 aromatic heterocycles. The van der Waals surface area contributed by atoms with Gasteiger partial charge >= 0.3 is 0 Å². The average molecular weight is 473 g/mol. The van der Waals surface area contributed by atoms with Crippen molar-refractivity contribution in [1.82, 2.24) is 4.90 Å². The van der Waals surface area contributed by atoms with Gasteiger partial charge in [0.2, 0.25) is 5.91 Å². The fraction of sp³-hybridized carbons (Fsp3) is 0.292. The maximum absolute atomic E-state index is 12.7. The molecule has 0 atom stereocenters. The molecular weight excluding hydrogens is 448 g/mol. The lowest BCUT2D eigenvalue weighted by atomic mass is 10.1. The van der Waals surface area contributed by atoms with E-state index in [-0.39, 0.29) is 11.8 Å². The summed E-state index contributed by atoms with van der Waals surface area (Å²) in [5, 5.41) is 3.65. The number of amides is 2. The number of thiocarbonyl (C=S) groups is 1. The van der Waals surface area contributed by atoms with E-state index in [1.165, 1.54) is 11.8 Å². The fourth-order valence-corrected chi connectivity index (χ4v) is 4.67. The molecule has 0 aliphatic carbocycles. The molecule has 0 spiro atoms. The summed E-state index contributed by atoms with van der Waals surface area (Å²) in [5.74, 6) is -0.0391. The number of nitrogens with one attached hydrogen (secondary N) is 1. The predicted octanol–water partition coefficient (Wildman–Crippen LogP) is 6.36. The zero-order valence-corrected chi connectivity index (χ0v) is 20.0. The Bertz CT molecular complexity index is 1020. The molecule has 7 heteroatoms. The number of hydrogen-bond donors (Lipinski definition) is 1. The normalized spacial score (nSPS) is 15.1. The number of unbranched alkanes of at least 4 members (excludes halogenated alkanes) is 2. The van der Waals surface area contributed by atoms with E-state index in [9.17, 15) is 9.59 Å². The van der Waals surface area contributed by atoms with Crippen molar-refractivity contribution < 1.29 is 9.59 Å². The molecule has 1 N–H and O–H groups in total. The third-order valence-corrected chi connectivity index (χ3v) is 6.84. The van der Waals surface area contributed by atoms with Crippen LogP contribution in [-0.4, -0.2) is 27.6 Å². The predicted molar refractivity (Wildman–Crippen MR) is 134 cm³/mol. The molecule has 3 rings (SSSR count). The lowest BCUT2D eigenvalue weighted by Crippen LogP contribution is -2.29. The Kier molecular flexibility index (Phi) is 8.29. The maximum atomic E-state index is 12.7. The first kappa shape index (κ1) is 23.5. The summed E-state index contributed by atoms with van der Waals surface area (Å²) < 4.78 is 0.581. The highest BCUT2D eigenvalue weighted by Gasteiger charge is 2.31. The van der Waals surface area contributed by atoms with Crippen LogP contribution >= 0.6 is 35.6 Å². The monoisotopic (exact) mass is 472 g/mol.